The molecular weight excluding hydrogens is 402 g/mol. The number of carbonyl (C=O) groups excluding carboxylic acids is 1. The molecule has 0 spiro atoms. The van der Waals surface area contributed by atoms with Crippen molar-refractivity contribution in [1.29, 1.82) is 5.26 Å². The number of hydrogen-bond acceptors (Lipinski definition) is 6. The first-order chi connectivity index (χ1) is 15.6. The Bertz CT molecular complexity index is 1080. The van der Waals surface area contributed by atoms with E-state index in [0.717, 1.165) is 29.9 Å². The summed E-state index contributed by atoms with van der Waals surface area (Å²) in [4.78, 5) is 18.4. The molecule has 7 heteroatoms. The number of nitrogens with zero attached hydrogens (tertiary/aromatic N) is 3. The first-order valence-corrected chi connectivity index (χ1v) is 10.6. The smallest absolute Gasteiger partial charge is 0.240 e. The van der Waals surface area contributed by atoms with Crippen molar-refractivity contribution in [3.63, 3.8) is 0 Å². The highest BCUT2D eigenvalue weighted by Gasteiger charge is 2.31. The molecular formula is C25H25N5O2. The minimum absolute atomic E-state index is 0.159. The van der Waals surface area contributed by atoms with Gasteiger partial charge in [-0.2, -0.15) is 5.26 Å². The van der Waals surface area contributed by atoms with E-state index in [-0.39, 0.29) is 11.9 Å². The Morgan fingerprint density at radius 3 is 2.53 bits per heavy atom. The van der Waals surface area contributed by atoms with Gasteiger partial charge >= 0.3 is 0 Å². The van der Waals surface area contributed by atoms with Crippen LogP contribution in [0, 0.1) is 11.3 Å². The van der Waals surface area contributed by atoms with Crippen molar-refractivity contribution in [2.24, 2.45) is 5.73 Å². The van der Waals surface area contributed by atoms with Crippen molar-refractivity contribution in [3.8, 4) is 17.6 Å². The van der Waals surface area contributed by atoms with Crippen LogP contribution in [0.15, 0.2) is 72.9 Å². The number of hydrogen-bond donors (Lipinski definition) is 2. The maximum Gasteiger partial charge on any atom is 0.240 e. The van der Waals surface area contributed by atoms with Gasteiger partial charge in [-0.1, -0.05) is 18.2 Å². The van der Waals surface area contributed by atoms with Gasteiger partial charge in [0.25, 0.3) is 0 Å². The summed E-state index contributed by atoms with van der Waals surface area (Å²) in [6.45, 7) is 0.605. The Morgan fingerprint density at radius 1 is 1.16 bits per heavy atom. The summed E-state index contributed by atoms with van der Waals surface area (Å²) in [6.07, 6.45) is 3.73. The Labute approximate surface area is 187 Å². The van der Waals surface area contributed by atoms with Gasteiger partial charge in [-0.05, 0) is 73.4 Å². The van der Waals surface area contributed by atoms with E-state index in [2.05, 4.69) is 16.4 Å². The van der Waals surface area contributed by atoms with Crippen LogP contribution < -0.4 is 15.8 Å². The minimum atomic E-state index is -0.658. The Morgan fingerprint density at radius 2 is 1.88 bits per heavy atom. The molecule has 0 radical (unpaired) electrons. The molecule has 2 atom stereocenters. The molecule has 1 aromatic heterocycles. The van der Waals surface area contributed by atoms with E-state index < -0.39 is 6.04 Å². The van der Waals surface area contributed by atoms with Crippen molar-refractivity contribution >= 4 is 17.4 Å². The quantitative estimate of drug-likeness (QED) is 0.591. The first-order valence-electron chi connectivity index (χ1n) is 10.6. The third-order valence-electron chi connectivity index (χ3n) is 5.41. The molecule has 1 aliphatic heterocycles. The molecule has 3 N–H and O–H groups in total. The first kappa shape index (κ1) is 21.3. The van der Waals surface area contributed by atoms with Gasteiger partial charge in [-0.15, -0.1) is 0 Å². The summed E-state index contributed by atoms with van der Waals surface area (Å²) in [5.41, 5.74) is 8.00. The average Bonchev–Trinajstić information content (AvgIpc) is 3.31. The second-order valence-corrected chi connectivity index (χ2v) is 7.74. The molecule has 1 amide bonds. The van der Waals surface area contributed by atoms with Crippen LogP contribution >= 0.6 is 0 Å². The topological polar surface area (TPSA) is 104 Å². The van der Waals surface area contributed by atoms with Gasteiger partial charge in [0, 0.05) is 18.4 Å². The predicted octanol–water partition coefficient (Wildman–Crippen LogP) is 4.00. The second kappa shape index (κ2) is 9.94. The van der Waals surface area contributed by atoms with Crippen molar-refractivity contribution in [2.75, 3.05) is 11.9 Å². The molecule has 3 aromatic rings. The molecule has 2 aromatic carbocycles. The van der Waals surface area contributed by atoms with Gasteiger partial charge in [0.1, 0.15) is 23.4 Å². The Balaban J connectivity index is 1.32. The van der Waals surface area contributed by atoms with E-state index in [9.17, 15) is 10.1 Å². The lowest BCUT2D eigenvalue weighted by Crippen LogP contribution is -2.46. The van der Waals surface area contributed by atoms with Crippen molar-refractivity contribution in [2.45, 2.75) is 31.3 Å². The molecule has 0 aliphatic carbocycles. The average molecular weight is 428 g/mol. The lowest BCUT2D eigenvalue weighted by atomic mass is 10.0. The highest BCUT2D eigenvalue weighted by Crippen LogP contribution is 2.25. The van der Waals surface area contributed by atoms with Crippen LogP contribution in [0.2, 0.25) is 0 Å². The van der Waals surface area contributed by atoms with Crippen LogP contribution in [-0.2, 0) is 11.2 Å². The summed E-state index contributed by atoms with van der Waals surface area (Å²) in [7, 11) is 0. The number of likely N-dealkylation sites (tertiary alicyclic amines) is 1. The van der Waals surface area contributed by atoms with Gasteiger partial charge in [-0.3, -0.25) is 4.79 Å². The van der Waals surface area contributed by atoms with Crippen molar-refractivity contribution in [1.82, 2.24) is 9.88 Å². The molecule has 1 aliphatic rings. The Kier molecular flexibility index (Phi) is 6.63. The molecule has 0 bridgehead atoms. The zero-order valence-corrected chi connectivity index (χ0v) is 17.6. The number of amides is 1. The van der Waals surface area contributed by atoms with E-state index in [1.165, 1.54) is 0 Å². The highest BCUT2D eigenvalue weighted by atomic mass is 16.5. The van der Waals surface area contributed by atoms with Gasteiger partial charge in [-0.25, -0.2) is 4.98 Å². The normalized spacial score (nSPS) is 16.2. The zero-order chi connectivity index (χ0) is 22.3. The monoisotopic (exact) mass is 427 g/mol. The van der Waals surface area contributed by atoms with Crippen LogP contribution in [0.3, 0.4) is 0 Å². The number of nitrogens with two attached hydrogens (primary N) is 1. The second-order valence-electron chi connectivity index (χ2n) is 7.74. The standard InChI is InChI=1S/C25H25N5O2/c26-17-20-4-3-15-30(20)25(31)23(27)16-18-6-10-21(11-7-18)32-22-12-8-19(9-13-22)29-24-5-1-2-14-28-24/h1-2,5-14,20,23H,3-4,15-16,27H2,(H,28,29). The fourth-order valence-electron chi connectivity index (χ4n) is 3.74. The number of carbonyl (C=O) groups is 1. The molecule has 2 heterocycles. The number of ether oxygens (including phenoxy) is 1. The third kappa shape index (κ3) is 5.23. The van der Waals surface area contributed by atoms with Gasteiger partial charge < -0.3 is 20.7 Å². The maximum absolute atomic E-state index is 12.6. The largest absolute Gasteiger partial charge is 0.457 e. The number of pyridine rings is 1. The Hall–Kier alpha value is -3.89. The van der Waals surface area contributed by atoms with E-state index in [0.29, 0.717) is 24.5 Å². The number of benzene rings is 2. The van der Waals surface area contributed by atoms with Crippen molar-refractivity contribution in [3.05, 3.63) is 78.5 Å². The number of nitriles is 1. The molecule has 0 saturated carbocycles. The van der Waals surface area contributed by atoms with E-state index in [4.69, 9.17) is 10.5 Å². The number of nitrogens with one attached hydrogen (secondary N) is 1. The summed E-state index contributed by atoms with van der Waals surface area (Å²) in [5, 5.41) is 12.4. The van der Waals surface area contributed by atoms with Crippen LogP contribution in [0.25, 0.3) is 0 Å². The van der Waals surface area contributed by atoms with Crippen LogP contribution in [-0.4, -0.2) is 34.4 Å². The number of rotatable bonds is 7. The lowest BCUT2D eigenvalue weighted by Gasteiger charge is -2.23. The van der Waals surface area contributed by atoms with Crippen LogP contribution in [0.1, 0.15) is 18.4 Å². The molecule has 1 fully saturated rings. The van der Waals surface area contributed by atoms with Gasteiger partial charge in [0.2, 0.25) is 5.91 Å². The van der Waals surface area contributed by atoms with Gasteiger partial charge in [0.15, 0.2) is 0 Å². The minimum Gasteiger partial charge on any atom is -0.457 e. The highest BCUT2D eigenvalue weighted by molar-refractivity contribution is 5.82. The maximum atomic E-state index is 12.6. The molecule has 7 nitrogen and oxygen atoms in total. The zero-order valence-electron chi connectivity index (χ0n) is 17.6. The number of aromatic nitrogens is 1. The summed E-state index contributed by atoms with van der Waals surface area (Å²) < 4.78 is 5.92. The lowest BCUT2D eigenvalue weighted by molar-refractivity contribution is -0.132. The third-order valence-corrected chi connectivity index (χ3v) is 5.41. The molecule has 2 unspecified atom stereocenters. The fraction of sp³-hybridized carbons (Fsp3) is 0.240. The summed E-state index contributed by atoms with van der Waals surface area (Å²) >= 11 is 0. The number of anilines is 2. The van der Waals surface area contributed by atoms with Crippen LogP contribution in [0.4, 0.5) is 11.5 Å². The van der Waals surface area contributed by atoms with Crippen molar-refractivity contribution < 1.29 is 9.53 Å². The van der Waals surface area contributed by atoms with E-state index in [1.807, 2.05) is 66.7 Å². The SMILES string of the molecule is N#CC1CCCN1C(=O)C(N)Cc1ccc(Oc2ccc(Nc3ccccn3)cc2)cc1. The summed E-state index contributed by atoms with van der Waals surface area (Å²) in [5.74, 6) is 2.03. The molecule has 4 rings (SSSR count). The van der Waals surface area contributed by atoms with Crippen LogP contribution in [0.5, 0.6) is 11.5 Å². The predicted molar refractivity (Wildman–Crippen MR) is 123 cm³/mol. The van der Waals surface area contributed by atoms with E-state index >= 15 is 0 Å². The molecule has 1 saturated heterocycles. The van der Waals surface area contributed by atoms with E-state index in [1.54, 1.807) is 11.1 Å². The molecule has 32 heavy (non-hydrogen) atoms. The fourth-order valence-corrected chi connectivity index (χ4v) is 3.74. The van der Waals surface area contributed by atoms with Gasteiger partial charge in [0.05, 0.1) is 12.1 Å². The molecule has 162 valence electrons. The summed E-state index contributed by atoms with van der Waals surface area (Å²) in [6, 6.07) is 22.0.